The van der Waals surface area contributed by atoms with E-state index in [1.165, 1.54) is 43.2 Å². The van der Waals surface area contributed by atoms with Gasteiger partial charge in [-0.3, -0.25) is 84.9 Å². The van der Waals surface area contributed by atoms with Gasteiger partial charge in [0, 0.05) is 764 Å². The number of unbranched alkanes of at least 4 members (excludes halogenated alkanes) is 1. The van der Waals surface area contributed by atoms with Gasteiger partial charge in [-0.05, 0) is 62.9 Å². The van der Waals surface area contributed by atoms with Gasteiger partial charge in [0.25, 0.3) is 47.3 Å². The Morgan fingerprint density at radius 3 is 0.917 bits per heavy atom. The van der Waals surface area contributed by atoms with Crippen molar-refractivity contribution in [1.29, 1.82) is 0 Å². The van der Waals surface area contributed by atoms with Crippen molar-refractivity contribution in [2.24, 2.45) is 11.8 Å². The Kier molecular flexibility index (Phi) is 305. The Morgan fingerprint density at radius 1 is 0.352 bits per heavy atom. The smallest absolute Gasteiger partial charge is 0.542 e. The normalized spacial score (nSPS) is 10.3. The monoisotopic (exact) mass is 3600 g/mol. The zero-order chi connectivity index (χ0) is 90.6. The molecule has 4 aliphatic rings. The molecule has 0 aromatic carbocycles. The van der Waals surface area contributed by atoms with Crippen LogP contribution >= 0.6 is 0 Å². The largest absolute Gasteiger partial charge is 3.00 e. The van der Waals surface area contributed by atoms with Crippen molar-refractivity contribution in [3.63, 3.8) is 0 Å². The van der Waals surface area contributed by atoms with Crippen molar-refractivity contribution in [1.82, 2.24) is 19.6 Å². The molecule has 0 aliphatic carbocycles. The van der Waals surface area contributed by atoms with Gasteiger partial charge < -0.3 is 161 Å². The average Bonchev–Trinajstić information content (AvgIpc) is 1.74. The number of hydrogen-bond acceptors (Lipinski definition) is 24. The number of carbonyl (C=O) groups is 22. The molecule has 0 saturated carbocycles. The maximum Gasteiger partial charge on any atom is 3.00 e. The second kappa shape index (κ2) is 173. The molecule has 765 valence electrons. The molecule has 28 nitrogen and oxygen atoms in total. The van der Waals surface area contributed by atoms with Crippen LogP contribution in [0.15, 0.2) is 71.4 Å². The molecule has 0 aromatic heterocycles. The molecule has 0 fully saturated rings. The molecule has 4 heterocycles. The summed E-state index contributed by atoms with van der Waals surface area (Å²) in [5, 5.41) is 0. The van der Waals surface area contributed by atoms with E-state index in [0.29, 0.717) is 80.9 Å². The topological polar surface area (TPSA) is 423 Å². The number of Topliss-reactive ketones (excluding diaryl/α,β-unsaturated/α-hetero) is 13. The fourth-order valence-corrected chi connectivity index (χ4v) is 8.57. The Morgan fingerprint density at radius 2 is 0.648 bits per heavy atom. The van der Waals surface area contributed by atoms with E-state index in [9.17, 15) is 110 Å². The third kappa shape index (κ3) is 151. The summed E-state index contributed by atoms with van der Waals surface area (Å²) < 4.78 is 0. The van der Waals surface area contributed by atoms with E-state index in [2.05, 4.69) is 46.5 Å². The number of amides is 8. The van der Waals surface area contributed by atoms with Crippen LogP contribution in [0.2, 0.25) is 0 Å². The number of nitrogens with zero attached hydrogens (tertiary/aromatic N) is 4. The van der Waals surface area contributed by atoms with Gasteiger partial charge in [0.2, 0.25) is 0 Å². The summed E-state index contributed by atoms with van der Waals surface area (Å²) in [5.41, 5.74) is 1.54. The van der Waals surface area contributed by atoms with Crippen LogP contribution in [0.4, 0.5) is 0 Å². The number of allylic oxidation sites excluding steroid dienone is 4. The molecule has 0 aromatic rings. The second-order valence-corrected chi connectivity index (χ2v) is 24.9. The van der Waals surface area contributed by atoms with E-state index >= 15 is 0 Å². The van der Waals surface area contributed by atoms with Crippen molar-refractivity contribution < 1.29 is 802 Å². The quantitative estimate of drug-likeness (QED) is 0.0180. The number of hydrogen-bond donors (Lipinski definition) is 0. The van der Waals surface area contributed by atoms with Crippen molar-refractivity contribution >= 4 is 141 Å². The first-order chi connectivity index (χ1) is 54.5. The fourth-order valence-electron chi connectivity index (χ4n) is 8.57. The van der Waals surface area contributed by atoms with Gasteiger partial charge in [-0.1, -0.05) is 132 Å². The summed E-state index contributed by atoms with van der Waals surface area (Å²) in [6.07, 6.45) is 30.6. The molecule has 19 radical (unpaired) electrons. The number of imide groups is 4. The van der Waals surface area contributed by atoms with Crippen LogP contribution in [0.3, 0.4) is 0 Å². The molecule has 0 N–H and O–H groups in total. The van der Waals surface area contributed by atoms with Gasteiger partial charge in [0.15, 0.2) is 5.78 Å². The molecule has 0 spiro atoms. The molecule has 0 unspecified atom stereocenters. The van der Waals surface area contributed by atoms with E-state index in [1.807, 2.05) is 55.4 Å². The number of rotatable bonds is 42. The van der Waals surface area contributed by atoms with Crippen LogP contribution in [-0.2, 0) is 802 Å². The van der Waals surface area contributed by atoms with Gasteiger partial charge in [0.05, 0.1) is 0 Å². The summed E-state index contributed by atoms with van der Waals surface area (Å²) in [5.74, 6) is -1.39. The first kappa shape index (κ1) is 256. The van der Waals surface area contributed by atoms with Crippen molar-refractivity contribution in [3.8, 4) is 11.8 Å². The first-order valence-electron chi connectivity index (χ1n) is 38.1. The molecule has 4 aliphatic heterocycles. The van der Waals surface area contributed by atoms with E-state index in [1.54, 1.807) is 67.0 Å². The average molecular weight is 3600 g/mol. The fraction of sp³-hybridized carbons (Fsp3) is 0.427. The Bertz CT molecular complexity index is 3650. The summed E-state index contributed by atoms with van der Waals surface area (Å²) in [4.78, 5) is 265. The van der Waals surface area contributed by atoms with E-state index < -0.39 is 35.3 Å². The van der Waals surface area contributed by atoms with Crippen molar-refractivity contribution in [3.05, 3.63) is 191 Å². The molecular formula is C96H141N4O24Y21-13. The van der Waals surface area contributed by atoms with Gasteiger partial charge in [-0.25, -0.2) is 5.92 Å². The SMILES string of the molecule is CCC(=O)[CH-][C@H](CC)C(=O)CC.CCCC(=O)C[CH-]C(=O)CC.CCC[CH-]C(=O)CCN1C(=O)C=CC1=O.CC[C-]=O.CC[C@@H]([CH-]C(=O)CCN1C(=O)C=CC1=O)C(=O)CCN1C(=O)C=CC1=O.O=[C-]CCN1C(=O)C=CC1=O.[CH2-]C(=O)/C(C)=C(/C)C(=O)CCC.[CH2-]C(=O)/C=C(/C)C(=O)CCC.[CH2-]C(=O)C#CC(=O)CCC.[CH2-]C([CH2-])=O.[CH3-].[CH3-].[CH3-].[CH3-].[CH3-].[CH3-].[CH3-].[CH3-].[Y+3].[Y+3].[Y].[Y].[Y].[Y].[Y].[Y].[Y].[Y].[Y].[Y].[Y].[Y].[Y].[Y].[Y].[Y].[Y].[Y].[Y]. The molecule has 0 saturated heterocycles. The summed E-state index contributed by atoms with van der Waals surface area (Å²) in [6, 6.07) is 0. The predicted octanol–water partition coefficient (Wildman–Crippen LogP) is 13.2. The Balaban J connectivity index is -0.0000000283. The molecular weight excluding hydrogens is 3460 g/mol. The minimum absolute atomic E-state index is 0. The minimum Gasteiger partial charge on any atom is -0.542 e. The van der Waals surface area contributed by atoms with E-state index in [4.69, 9.17) is 4.79 Å². The number of carbonyl (C=O) groups excluding carboxylic acids is 24. The maximum atomic E-state index is 12.3. The zero-order valence-corrected chi connectivity index (χ0v) is 150. The van der Waals surface area contributed by atoms with Crippen LogP contribution in [-0.4, -0.2) is 187 Å². The van der Waals surface area contributed by atoms with Crippen molar-refractivity contribution in [2.45, 2.75) is 232 Å². The second-order valence-electron chi connectivity index (χ2n) is 24.9. The Hall–Kier alpha value is 11.3. The number of ketones is 14. The van der Waals surface area contributed by atoms with Crippen LogP contribution in [0.5, 0.6) is 0 Å². The van der Waals surface area contributed by atoms with Crippen LogP contribution < -0.4 is 0 Å². The molecule has 8 amide bonds. The molecule has 0 bridgehead atoms. The van der Waals surface area contributed by atoms with Crippen LogP contribution in [0.1, 0.15) is 232 Å². The van der Waals surface area contributed by atoms with Gasteiger partial charge in [-0.2, -0.15) is 39.7 Å². The summed E-state index contributed by atoms with van der Waals surface area (Å²) >= 11 is 0. The van der Waals surface area contributed by atoms with E-state index in [0.717, 1.165) is 88.8 Å². The van der Waals surface area contributed by atoms with Crippen LogP contribution in [0, 0.1) is 143 Å². The third-order valence-corrected chi connectivity index (χ3v) is 15.2. The Labute approximate surface area is 1400 Å². The zero-order valence-electron chi connectivity index (χ0n) is 90.1. The van der Waals surface area contributed by atoms with Gasteiger partial charge in [-0.15, -0.1) is 37.0 Å². The summed E-state index contributed by atoms with van der Waals surface area (Å²) in [6.45, 7) is 41.0. The van der Waals surface area contributed by atoms with Crippen molar-refractivity contribution in [2.75, 3.05) is 26.2 Å². The molecule has 2 atom stereocenters. The molecule has 145 heavy (non-hydrogen) atoms. The van der Waals surface area contributed by atoms with Gasteiger partial charge in [0.1, 0.15) is 28.9 Å². The van der Waals surface area contributed by atoms with Crippen LogP contribution in [0.25, 0.3) is 0 Å². The third-order valence-electron chi connectivity index (χ3n) is 15.2. The van der Waals surface area contributed by atoms with E-state index in [-0.39, 0.29) is 903 Å². The molecule has 49 heteroatoms. The first-order valence-corrected chi connectivity index (χ1v) is 38.1. The maximum absolute atomic E-state index is 12.3. The standard InChI is InChI=1S/C18H19N2O6.C11H14NO3.C10H15O2.C10H17O2.C9H13O2.C9H15O2.C8H9O2.C7H6NO3.C3H4O.C3H5O.8CH3.21Y/c1-2-12(14(22)8-10-20-17(25)5-6-18(20)26)11-13(21)7-9-19-15(23)3-4-16(19)24;1-2-3-4-9(13)7-8-12-10(14)5-6-11(12)15;1-5-6-10(12)8(3)7(2)9(4)11;1-4-8(10(12)6-3)7-9(11)5-2;1-4-5-9(11)7(2)6-8(3)10;1-3-5-9(11)7-6-8(10)4-2;1-3-4-8(10)6-5-7(2)9;9-5-1-4-8-6(10)2-3-7(8)11;1-3(2)4;1-2-3-4;;;;;;;;;;;;;;;;;;;;;;;;;;;;;/h3-6,11-12H,2,7-10H2,1H3;4-6H,2-3,7-8H2,1H3;4-6H2,1-3H3;7-8H,4-6H2,1-3H3;6H,3-5H2,1-2H3;6H,3-5,7H2,1-2H3;2-4H2,1H3;2-3H,1,4H2;1-2H2;2H2,1H3;8*1H3;;;;;;;;;;;;;;;;;;;;;/q8*-1;-2;9*-1;;;;;;;;;;;;;;;;;;;;2*+3/b;;8-7-;;7-6-;;;;;;;;;;;;;;;;;;;;;;;;;;;;;;;;;;/t12-;;;8-;;;;;;;;;;;;;;;;;;;;;;;;;;;;;;;;;;;/m0..0.................................../s1. The summed E-state index contributed by atoms with van der Waals surface area (Å²) in [7, 11) is 0. The van der Waals surface area contributed by atoms with Gasteiger partial charge >= 0.3 is 65.4 Å². The predicted molar refractivity (Wildman–Crippen MR) is 486 cm³/mol. The minimum atomic E-state index is -0.633. The molecule has 4 rings (SSSR count).